The lowest BCUT2D eigenvalue weighted by molar-refractivity contribution is 0.0595. The van der Waals surface area contributed by atoms with Crippen LogP contribution in [0.2, 0.25) is 0 Å². The molecule has 1 amide bonds. The molecule has 8 heteroatoms. The Labute approximate surface area is 204 Å². The first-order valence-electron chi connectivity index (χ1n) is 11.9. The summed E-state index contributed by atoms with van der Waals surface area (Å²) in [6, 6.07) is 16.1. The first-order chi connectivity index (χ1) is 17.0. The fourth-order valence-electron chi connectivity index (χ4n) is 4.46. The molecule has 1 saturated heterocycles. The van der Waals surface area contributed by atoms with E-state index in [0.29, 0.717) is 23.2 Å². The van der Waals surface area contributed by atoms with Crippen LogP contribution in [0, 0.1) is 0 Å². The van der Waals surface area contributed by atoms with Crippen molar-refractivity contribution in [2.75, 3.05) is 38.6 Å². The summed E-state index contributed by atoms with van der Waals surface area (Å²) >= 11 is 0. The molecule has 1 aliphatic rings. The summed E-state index contributed by atoms with van der Waals surface area (Å²) in [4.78, 5) is 29.9. The van der Waals surface area contributed by atoms with Gasteiger partial charge < -0.3 is 19.9 Å². The second-order valence-electron chi connectivity index (χ2n) is 9.02. The number of aromatic amines is 1. The standard InChI is InChI=1S/C27H30N6O2/c1-18(2)32-10-12-33(13-11-32)27(34)20-8-9-22(25(15-20)35-3)30-26-17-28-16-24(31-26)23-14-19-6-4-5-7-21(19)29-23/h4-9,14-18,29H,10-13H2,1-3H3,(H,30,31). The smallest absolute Gasteiger partial charge is 0.254 e. The Morgan fingerprint density at radius 1 is 1.06 bits per heavy atom. The van der Waals surface area contributed by atoms with Crippen molar-refractivity contribution in [1.29, 1.82) is 0 Å². The number of nitrogens with one attached hydrogen (secondary N) is 2. The van der Waals surface area contributed by atoms with Crippen molar-refractivity contribution in [1.82, 2.24) is 24.8 Å². The van der Waals surface area contributed by atoms with Crippen molar-refractivity contribution in [3.8, 4) is 17.1 Å². The fraction of sp³-hybridized carbons (Fsp3) is 0.296. The van der Waals surface area contributed by atoms with Crippen molar-refractivity contribution in [2.24, 2.45) is 0 Å². The number of nitrogens with zero attached hydrogens (tertiary/aromatic N) is 4. The number of piperazine rings is 1. The lowest BCUT2D eigenvalue weighted by Crippen LogP contribution is -2.50. The van der Waals surface area contributed by atoms with E-state index in [1.54, 1.807) is 25.6 Å². The Morgan fingerprint density at radius 2 is 1.86 bits per heavy atom. The van der Waals surface area contributed by atoms with Crippen LogP contribution in [0.15, 0.2) is 60.9 Å². The monoisotopic (exact) mass is 470 g/mol. The molecular formula is C27H30N6O2. The number of rotatable bonds is 6. The molecule has 0 bridgehead atoms. The first-order valence-corrected chi connectivity index (χ1v) is 11.9. The van der Waals surface area contributed by atoms with E-state index in [2.05, 4.69) is 46.2 Å². The number of para-hydroxylation sites is 1. The molecule has 35 heavy (non-hydrogen) atoms. The predicted octanol–water partition coefficient (Wildman–Crippen LogP) is 4.54. The number of carbonyl (C=O) groups excluding carboxylic acids is 1. The van der Waals surface area contributed by atoms with Gasteiger partial charge in [-0.15, -0.1) is 0 Å². The molecule has 0 saturated carbocycles. The van der Waals surface area contributed by atoms with Gasteiger partial charge in [0.1, 0.15) is 17.3 Å². The molecule has 5 rings (SSSR count). The molecule has 1 aliphatic heterocycles. The number of hydrogen-bond acceptors (Lipinski definition) is 6. The van der Waals surface area contributed by atoms with Gasteiger partial charge >= 0.3 is 0 Å². The molecule has 0 unspecified atom stereocenters. The van der Waals surface area contributed by atoms with Gasteiger partial charge in [-0.2, -0.15) is 0 Å². The number of hydrogen-bond donors (Lipinski definition) is 2. The van der Waals surface area contributed by atoms with E-state index in [9.17, 15) is 4.79 Å². The number of ether oxygens (including phenoxy) is 1. The van der Waals surface area contributed by atoms with Crippen LogP contribution >= 0.6 is 0 Å². The Bertz CT molecular complexity index is 1310. The minimum Gasteiger partial charge on any atom is -0.495 e. The van der Waals surface area contributed by atoms with Crippen molar-refractivity contribution in [2.45, 2.75) is 19.9 Å². The molecule has 0 aliphatic carbocycles. The zero-order valence-corrected chi connectivity index (χ0v) is 20.3. The zero-order chi connectivity index (χ0) is 24.4. The third-order valence-corrected chi connectivity index (χ3v) is 6.48. The third kappa shape index (κ3) is 4.83. The normalized spacial score (nSPS) is 14.5. The van der Waals surface area contributed by atoms with Gasteiger partial charge in [0.15, 0.2) is 0 Å². The summed E-state index contributed by atoms with van der Waals surface area (Å²) < 4.78 is 5.60. The van der Waals surface area contributed by atoms with Crippen LogP contribution in [0.1, 0.15) is 24.2 Å². The first kappa shape index (κ1) is 22.9. The summed E-state index contributed by atoms with van der Waals surface area (Å²) in [5, 5.41) is 4.41. The third-order valence-electron chi connectivity index (χ3n) is 6.48. The van der Waals surface area contributed by atoms with Crippen molar-refractivity contribution in [3.63, 3.8) is 0 Å². The number of carbonyl (C=O) groups is 1. The highest BCUT2D eigenvalue weighted by atomic mass is 16.5. The topological polar surface area (TPSA) is 86.4 Å². The molecule has 2 N–H and O–H groups in total. The van der Waals surface area contributed by atoms with E-state index in [4.69, 9.17) is 9.72 Å². The molecule has 3 heterocycles. The predicted molar refractivity (Wildman–Crippen MR) is 138 cm³/mol. The Morgan fingerprint density at radius 3 is 2.60 bits per heavy atom. The van der Waals surface area contributed by atoms with Gasteiger partial charge in [-0.1, -0.05) is 18.2 Å². The minimum absolute atomic E-state index is 0.0267. The highest BCUT2D eigenvalue weighted by molar-refractivity contribution is 5.95. The molecule has 8 nitrogen and oxygen atoms in total. The van der Waals surface area contributed by atoms with E-state index in [1.165, 1.54) is 0 Å². The number of aromatic nitrogens is 3. The van der Waals surface area contributed by atoms with Gasteiger partial charge in [0, 0.05) is 48.7 Å². The largest absolute Gasteiger partial charge is 0.495 e. The van der Waals surface area contributed by atoms with Crippen LogP contribution in [0.25, 0.3) is 22.3 Å². The minimum atomic E-state index is 0.0267. The number of H-pyrrole nitrogens is 1. The SMILES string of the molecule is COc1cc(C(=O)N2CCN(C(C)C)CC2)ccc1Nc1cncc(-c2cc3ccccc3[nH]2)n1. The van der Waals surface area contributed by atoms with E-state index in [0.717, 1.165) is 54.2 Å². The van der Waals surface area contributed by atoms with Crippen LogP contribution in [0.3, 0.4) is 0 Å². The zero-order valence-electron chi connectivity index (χ0n) is 20.3. The maximum absolute atomic E-state index is 13.1. The summed E-state index contributed by atoms with van der Waals surface area (Å²) in [7, 11) is 1.60. The molecule has 0 atom stereocenters. The molecule has 4 aromatic rings. The fourth-order valence-corrected chi connectivity index (χ4v) is 4.46. The molecule has 0 radical (unpaired) electrons. The number of benzene rings is 2. The van der Waals surface area contributed by atoms with Crippen LogP contribution in [-0.4, -0.2) is 70.0 Å². The quantitative estimate of drug-likeness (QED) is 0.430. The van der Waals surface area contributed by atoms with Crippen LogP contribution in [0.4, 0.5) is 11.5 Å². The van der Waals surface area contributed by atoms with Crippen molar-refractivity contribution in [3.05, 3.63) is 66.5 Å². The highest BCUT2D eigenvalue weighted by Gasteiger charge is 2.24. The highest BCUT2D eigenvalue weighted by Crippen LogP contribution is 2.30. The van der Waals surface area contributed by atoms with Crippen molar-refractivity contribution < 1.29 is 9.53 Å². The number of methoxy groups -OCH3 is 1. The van der Waals surface area contributed by atoms with Crippen LogP contribution in [0.5, 0.6) is 5.75 Å². The summed E-state index contributed by atoms with van der Waals surface area (Å²) in [6.07, 6.45) is 3.40. The van der Waals surface area contributed by atoms with E-state index in [-0.39, 0.29) is 5.91 Å². The van der Waals surface area contributed by atoms with E-state index in [1.807, 2.05) is 35.2 Å². The summed E-state index contributed by atoms with van der Waals surface area (Å²) in [6.45, 7) is 7.63. The number of anilines is 2. The average molecular weight is 471 g/mol. The van der Waals surface area contributed by atoms with Crippen LogP contribution < -0.4 is 10.1 Å². The summed E-state index contributed by atoms with van der Waals surface area (Å²) in [5.41, 5.74) is 4.01. The molecule has 0 spiro atoms. The lowest BCUT2D eigenvalue weighted by Gasteiger charge is -2.37. The van der Waals surface area contributed by atoms with Gasteiger partial charge in [-0.3, -0.25) is 14.7 Å². The van der Waals surface area contributed by atoms with Gasteiger partial charge in [-0.05, 0) is 44.2 Å². The number of amides is 1. The van der Waals surface area contributed by atoms with Gasteiger partial charge in [0.05, 0.1) is 30.9 Å². The molecule has 2 aromatic carbocycles. The van der Waals surface area contributed by atoms with Gasteiger partial charge in [0.25, 0.3) is 5.91 Å². The average Bonchev–Trinajstić information content (AvgIpc) is 3.33. The Kier molecular flexibility index (Phi) is 6.37. The number of fused-ring (bicyclic) bond motifs is 1. The van der Waals surface area contributed by atoms with E-state index >= 15 is 0 Å². The Hall–Kier alpha value is -3.91. The Balaban J connectivity index is 1.33. The second-order valence-corrected chi connectivity index (χ2v) is 9.02. The van der Waals surface area contributed by atoms with Gasteiger partial charge in [-0.25, -0.2) is 4.98 Å². The maximum atomic E-state index is 13.1. The lowest BCUT2D eigenvalue weighted by atomic mass is 10.1. The van der Waals surface area contributed by atoms with Crippen molar-refractivity contribution >= 4 is 28.3 Å². The molecule has 2 aromatic heterocycles. The molecular weight excluding hydrogens is 440 g/mol. The molecule has 1 fully saturated rings. The second kappa shape index (κ2) is 9.76. The van der Waals surface area contributed by atoms with Crippen LogP contribution in [-0.2, 0) is 0 Å². The summed E-state index contributed by atoms with van der Waals surface area (Å²) in [5.74, 6) is 1.19. The van der Waals surface area contributed by atoms with E-state index < -0.39 is 0 Å². The maximum Gasteiger partial charge on any atom is 0.254 e. The molecule has 180 valence electrons. The van der Waals surface area contributed by atoms with Gasteiger partial charge in [0.2, 0.25) is 0 Å².